The van der Waals surface area contributed by atoms with E-state index in [2.05, 4.69) is 24.9 Å². The minimum Gasteiger partial charge on any atom is -0.493 e. The van der Waals surface area contributed by atoms with Crippen LogP contribution in [0.25, 0.3) is 10.9 Å². The van der Waals surface area contributed by atoms with Gasteiger partial charge in [0.05, 0.1) is 26.3 Å². The largest absolute Gasteiger partial charge is 0.493 e. The Morgan fingerprint density at radius 3 is 2.66 bits per heavy atom. The number of nitrogens with zero attached hydrogens (tertiary/aromatic N) is 2. The molecule has 0 bridgehead atoms. The van der Waals surface area contributed by atoms with Crippen molar-refractivity contribution in [2.75, 3.05) is 26.8 Å². The number of benzene rings is 2. The van der Waals surface area contributed by atoms with Gasteiger partial charge >= 0.3 is 0 Å². The molecule has 3 heterocycles. The number of hydrogen-bond donors (Lipinski definition) is 1. The van der Waals surface area contributed by atoms with Gasteiger partial charge in [0.1, 0.15) is 6.04 Å². The van der Waals surface area contributed by atoms with Crippen LogP contribution >= 0.6 is 0 Å². The average molecular weight is 476 g/mol. The zero-order valence-corrected chi connectivity index (χ0v) is 20.8. The lowest BCUT2D eigenvalue weighted by molar-refractivity contribution is -0.158. The Labute approximate surface area is 206 Å². The maximum Gasteiger partial charge on any atom is 0.246 e. The zero-order chi connectivity index (χ0) is 24.7. The van der Waals surface area contributed by atoms with Gasteiger partial charge in [0.25, 0.3) is 0 Å². The third-order valence-electron chi connectivity index (χ3n) is 7.12. The molecular formula is C28H33N3O4. The Bertz CT molecular complexity index is 1260. The molecule has 2 aromatic carbocycles. The summed E-state index contributed by atoms with van der Waals surface area (Å²) in [6.07, 6.45) is 1.39. The van der Waals surface area contributed by atoms with Crippen molar-refractivity contribution in [2.45, 2.75) is 45.7 Å². The fraction of sp³-hybridized carbons (Fsp3) is 0.429. The molecule has 184 valence electrons. The van der Waals surface area contributed by atoms with Crippen LogP contribution in [-0.2, 0) is 16.0 Å². The molecule has 1 N–H and O–H groups in total. The predicted molar refractivity (Wildman–Crippen MR) is 135 cm³/mol. The summed E-state index contributed by atoms with van der Waals surface area (Å²) in [4.78, 5) is 34.4. The number of nitrogens with one attached hydrogen (secondary N) is 1. The van der Waals surface area contributed by atoms with Gasteiger partial charge in [-0.15, -0.1) is 0 Å². The van der Waals surface area contributed by atoms with Crippen molar-refractivity contribution in [1.82, 2.24) is 14.8 Å². The lowest BCUT2D eigenvalue weighted by Crippen LogP contribution is -2.63. The number of carbonyl (C=O) groups excluding carboxylic acids is 2. The second kappa shape index (κ2) is 9.29. The van der Waals surface area contributed by atoms with Gasteiger partial charge in [-0.1, -0.05) is 38.1 Å². The van der Waals surface area contributed by atoms with Crippen molar-refractivity contribution in [2.24, 2.45) is 5.92 Å². The normalized spacial score (nSPS) is 19.8. The topological polar surface area (TPSA) is 74.9 Å². The third kappa shape index (κ3) is 4.03. The number of para-hydroxylation sites is 1. The van der Waals surface area contributed by atoms with E-state index < -0.39 is 12.1 Å². The van der Waals surface area contributed by atoms with Gasteiger partial charge in [-0.05, 0) is 48.6 Å². The number of H-pyrrole nitrogens is 1. The molecule has 1 saturated heterocycles. The van der Waals surface area contributed by atoms with E-state index in [-0.39, 0.29) is 18.4 Å². The SMILES string of the molecule is CCOc1ccc(C2c3[nH]c4ccccc4c3CC3C(=O)N(CCC(C)C)CC(=O)N32)cc1OC. The van der Waals surface area contributed by atoms with Crippen LogP contribution in [0, 0.1) is 5.92 Å². The highest BCUT2D eigenvalue weighted by molar-refractivity contribution is 5.97. The van der Waals surface area contributed by atoms with E-state index in [9.17, 15) is 9.59 Å². The lowest BCUT2D eigenvalue weighted by atomic mass is 9.86. The number of methoxy groups -OCH3 is 1. The minimum atomic E-state index is -0.530. The van der Waals surface area contributed by atoms with Crippen LogP contribution in [0.5, 0.6) is 11.5 Å². The number of piperazine rings is 1. The molecule has 2 unspecified atom stereocenters. The van der Waals surface area contributed by atoms with Gasteiger partial charge in [-0.2, -0.15) is 0 Å². The molecule has 1 aromatic heterocycles. The van der Waals surface area contributed by atoms with Crippen LogP contribution in [0.3, 0.4) is 0 Å². The standard InChI is InChI=1S/C28H33N3O4/c1-5-35-23-11-10-18(14-24(23)34-4)27-26-20(19-8-6-7-9-21(19)29-26)15-22-28(33)30(13-12-17(2)3)16-25(32)31(22)27/h6-11,14,17,22,27,29H,5,12-13,15-16H2,1-4H3. The first-order valence-electron chi connectivity index (χ1n) is 12.4. The quantitative estimate of drug-likeness (QED) is 0.553. The first-order valence-corrected chi connectivity index (χ1v) is 12.4. The average Bonchev–Trinajstić information content (AvgIpc) is 3.23. The summed E-state index contributed by atoms with van der Waals surface area (Å²) in [5, 5.41) is 1.10. The summed E-state index contributed by atoms with van der Waals surface area (Å²) < 4.78 is 11.3. The number of ether oxygens (including phenoxy) is 2. The van der Waals surface area contributed by atoms with Gasteiger partial charge in [0.15, 0.2) is 11.5 Å². The summed E-state index contributed by atoms with van der Waals surface area (Å²) in [6, 6.07) is 13.0. The van der Waals surface area contributed by atoms with E-state index >= 15 is 0 Å². The minimum absolute atomic E-state index is 0.0273. The van der Waals surface area contributed by atoms with E-state index in [4.69, 9.17) is 9.47 Å². The molecule has 7 nitrogen and oxygen atoms in total. The highest BCUT2D eigenvalue weighted by Gasteiger charge is 2.48. The van der Waals surface area contributed by atoms with Crippen molar-refractivity contribution in [3.05, 3.63) is 59.3 Å². The molecule has 2 aliphatic rings. The van der Waals surface area contributed by atoms with E-state index in [1.165, 1.54) is 0 Å². The number of carbonyl (C=O) groups is 2. The lowest BCUT2D eigenvalue weighted by Gasteiger charge is -2.47. The van der Waals surface area contributed by atoms with Gasteiger partial charge in [-0.3, -0.25) is 9.59 Å². The van der Waals surface area contributed by atoms with E-state index in [1.807, 2.05) is 43.3 Å². The molecule has 2 aliphatic heterocycles. The number of amides is 2. The van der Waals surface area contributed by atoms with Crippen molar-refractivity contribution in [3.8, 4) is 11.5 Å². The van der Waals surface area contributed by atoms with E-state index in [1.54, 1.807) is 16.9 Å². The number of aromatic nitrogens is 1. The highest BCUT2D eigenvalue weighted by Crippen LogP contribution is 2.44. The van der Waals surface area contributed by atoms with Crippen LogP contribution in [0.2, 0.25) is 0 Å². The van der Waals surface area contributed by atoms with Crippen molar-refractivity contribution >= 4 is 22.7 Å². The molecule has 0 spiro atoms. The molecule has 0 radical (unpaired) electrons. The van der Waals surface area contributed by atoms with Gasteiger partial charge in [0.2, 0.25) is 11.8 Å². The van der Waals surface area contributed by atoms with Crippen LogP contribution in [0.4, 0.5) is 0 Å². The maximum atomic E-state index is 13.7. The summed E-state index contributed by atoms with van der Waals surface area (Å²) >= 11 is 0. The Morgan fingerprint density at radius 1 is 1.11 bits per heavy atom. The molecule has 35 heavy (non-hydrogen) atoms. The summed E-state index contributed by atoms with van der Waals surface area (Å²) in [5.74, 6) is 1.73. The van der Waals surface area contributed by atoms with Crippen LogP contribution in [0.15, 0.2) is 42.5 Å². The second-order valence-electron chi connectivity index (χ2n) is 9.77. The molecule has 7 heteroatoms. The molecule has 2 atom stereocenters. The molecule has 5 rings (SSSR count). The Hall–Kier alpha value is -3.48. The fourth-order valence-electron chi connectivity index (χ4n) is 5.40. The maximum absolute atomic E-state index is 13.7. The zero-order valence-electron chi connectivity index (χ0n) is 20.8. The van der Waals surface area contributed by atoms with E-state index in [0.29, 0.717) is 37.0 Å². The number of rotatable bonds is 7. The van der Waals surface area contributed by atoms with Crippen molar-refractivity contribution < 1.29 is 19.1 Å². The van der Waals surface area contributed by atoms with Crippen LogP contribution in [-0.4, -0.2) is 59.4 Å². The smallest absolute Gasteiger partial charge is 0.246 e. The van der Waals surface area contributed by atoms with E-state index in [0.717, 1.165) is 34.1 Å². The van der Waals surface area contributed by atoms with Crippen molar-refractivity contribution in [3.63, 3.8) is 0 Å². The van der Waals surface area contributed by atoms with Crippen LogP contribution < -0.4 is 9.47 Å². The predicted octanol–water partition coefficient (Wildman–Crippen LogP) is 4.31. The Morgan fingerprint density at radius 2 is 1.91 bits per heavy atom. The van der Waals surface area contributed by atoms with Gasteiger partial charge in [0, 0.05) is 29.6 Å². The first kappa shape index (κ1) is 23.3. The number of hydrogen-bond acceptors (Lipinski definition) is 4. The summed E-state index contributed by atoms with van der Waals surface area (Å²) in [6.45, 7) is 7.45. The fourth-order valence-corrected chi connectivity index (χ4v) is 5.40. The number of fused-ring (bicyclic) bond motifs is 4. The molecule has 0 saturated carbocycles. The number of aromatic amines is 1. The second-order valence-corrected chi connectivity index (χ2v) is 9.77. The highest BCUT2D eigenvalue weighted by atomic mass is 16.5. The first-order chi connectivity index (χ1) is 16.9. The van der Waals surface area contributed by atoms with Gasteiger partial charge < -0.3 is 24.3 Å². The Balaban J connectivity index is 1.63. The summed E-state index contributed by atoms with van der Waals surface area (Å²) in [7, 11) is 1.61. The van der Waals surface area contributed by atoms with Crippen LogP contribution in [0.1, 0.15) is 50.1 Å². The molecule has 1 fully saturated rings. The molecule has 0 aliphatic carbocycles. The molecular weight excluding hydrogens is 442 g/mol. The summed E-state index contributed by atoms with van der Waals surface area (Å²) in [5.41, 5.74) is 3.97. The third-order valence-corrected chi connectivity index (χ3v) is 7.12. The Kier molecular flexibility index (Phi) is 6.17. The monoisotopic (exact) mass is 475 g/mol. The molecule has 2 amide bonds. The molecule has 3 aromatic rings. The van der Waals surface area contributed by atoms with Gasteiger partial charge in [-0.25, -0.2) is 0 Å². The van der Waals surface area contributed by atoms with Crippen molar-refractivity contribution in [1.29, 1.82) is 0 Å².